The predicted molar refractivity (Wildman–Crippen MR) is 156 cm³/mol. The summed E-state index contributed by atoms with van der Waals surface area (Å²) in [5, 5.41) is 12.3. The molecule has 192 valence electrons. The van der Waals surface area contributed by atoms with E-state index in [1.165, 1.54) is 32.6 Å². The Balaban J connectivity index is 1.33. The number of hydrogen-bond acceptors (Lipinski definition) is 4. The number of aromatic nitrogens is 2. The van der Waals surface area contributed by atoms with Gasteiger partial charge in [-0.15, -0.1) is 11.8 Å². The lowest BCUT2D eigenvalue weighted by molar-refractivity contribution is 0.295. The number of thioether (sulfide) groups is 1. The minimum absolute atomic E-state index is 0.120. The van der Waals surface area contributed by atoms with Crippen molar-refractivity contribution in [2.24, 2.45) is 0 Å². The molecule has 6 heteroatoms. The van der Waals surface area contributed by atoms with Crippen molar-refractivity contribution in [1.82, 2.24) is 9.55 Å². The van der Waals surface area contributed by atoms with E-state index in [1.807, 2.05) is 54.4 Å². The van der Waals surface area contributed by atoms with E-state index in [9.17, 15) is 5.11 Å². The van der Waals surface area contributed by atoms with E-state index in [-0.39, 0.29) is 6.61 Å². The molecule has 6 rings (SSSR count). The summed E-state index contributed by atoms with van der Waals surface area (Å²) < 4.78 is 8.75. The normalized spacial score (nSPS) is 14.7. The summed E-state index contributed by atoms with van der Waals surface area (Å²) in [7, 11) is 0. The molecule has 1 aliphatic rings. The Morgan fingerprint density at radius 1 is 1.00 bits per heavy atom. The number of aliphatic hydroxyl groups excluding tert-OH is 1. The van der Waals surface area contributed by atoms with Crippen molar-refractivity contribution in [2.45, 2.75) is 43.1 Å². The minimum atomic E-state index is 0.120. The topological polar surface area (TPSA) is 47.3 Å². The third kappa shape index (κ3) is 4.94. The van der Waals surface area contributed by atoms with E-state index in [0.717, 1.165) is 40.6 Å². The van der Waals surface area contributed by atoms with Crippen LogP contribution in [0.1, 0.15) is 29.4 Å². The van der Waals surface area contributed by atoms with Crippen molar-refractivity contribution in [3.63, 3.8) is 0 Å². The second kappa shape index (κ2) is 10.9. The first kappa shape index (κ1) is 25.1. The maximum atomic E-state index is 9.93. The van der Waals surface area contributed by atoms with Crippen LogP contribution in [0.2, 0.25) is 5.02 Å². The summed E-state index contributed by atoms with van der Waals surface area (Å²) in [6, 6.07) is 26.7. The van der Waals surface area contributed by atoms with Gasteiger partial charge in [-0.1, -0.05) is 67.1 Å². The summed E-state index contributed by atoms with van der Waals surface area (Å²) in [5.74, 6) is 0.892. The van der Waals surface area contributed by atoms with Crippen LogP contribution in [0.5, 0.6) is 5.75 Å². The van der Waals surface area contributed by atoms with Crippen LogP contribution in [0.25, 0.3) is 22.0 Å². The van der Waals surface area contributed by atoms with Crippen molar-refractivity contribution < 1.29 is 9.84 Å². The van der Waals surface area contributed by atoms with Crippen molar-refractivity contribution >= 4 is 34.3 Å². The third-order valence-corrected chi connectivity index (χ3v) is 8.55. The zero-order valence-electron chi connectivity index (χ0n) is 21.2. The molecule has 3 aromatic carbocycles. The monoisotopic (exact) mass is 540 g/mol. The molecular weight excluding hydrogens is 512 g/mol. The highest BCUT2D eigenvalue weighted by atomic mass is 35.5. The van der Waals surface area contributed by atoms with Crippen molar-refractivity contribution in [3.8, 4) is 16.9 Å². The van der Waals surface area contributed by atoms with Gasteiger partial charge in [0.25, 0.3) is 0 Å². The molecule has 0 amide bonds. The van der Waals surface area contributed by atoms with Crippen LogP contribution in [0, 0.1) is 0 Å². The SMILES string of the molecule is CC1Cc2c(CCO)n(Cc3ccc(Cl)cc3)c3ccc(OCc4ccc(-c5ccccc5)cn4)c(c23)S1. The first-order valence-electron chi connectivity index (χ1n) is 12.9. The number of nitrogens with zero attached hydrogens (tertiary/aromatic N) is 2. The number of halogens is 1. The van der Waals surface area contributed by atoms with E-state index in [0.29, 0.717) is 18.3 Å². The van der Waals surface area contributed by atoms with Gasteiger partial charge in [0.1, 0.15) is 12.4 Å². The number of ether oxygens (including phenoxy) is 1. The molecule has 4 nitrogen and oxygen atoms in total. The van der Waals surface area contributed by atoms with Gasteiger partial charge in [-0.25, -0.2) is 0 Å². The number of hydrogen-bond donors (Lipinski definition) is 1. The molecule has 0 bridgehead atoms. The van der Waals surface area contributed by atoms with Crippen LogP contribution in [-0.4, -0.2) is 26.5 Å². The maximum Gasteiger partial charge on any atom is 0.134 e. The number of aliphatic hydroxyl groups is 1. The lowest BCUT2D eigenvalue weighted by Gasteiger charge is -2.22. The van der Waals surface area contributed by atoms with Crippen molar-refractivity contribution in [2.75, 3.05) is 6.61 Å². The second-order valence-corrected chi connectivity index (χ2v) is 11.6. The highest BCUT2D eigenvalue weighted by molar-refractivity contribution is 8.00. The Kier molecular flexibility index (Phi) is 7.16. The smallest absolute Gasteiger partial charge is 0.134 e. The Hall–Kier alpha value is -3.25. The van der Waals surface area contributed by atoms with E-state index in [1.54, 1.807) is 0 Å². The van der Waals surface area contributed by atoms with Gasteiger partial charge in [0, 0.05) is 52.7 Å². The molecule has 2 aromatic heterocycles. The standard InChI is InChI=1S/C32H29ClN2O2S/c1-21-17-27-28(15-16-36)35(19-22-7-10-25(33)11-8-22)29-13-14-30(32(38-21)31(27)29)37-20-26-12-9-24(18-34-26)23-5-3-2-4-6-23/h2-14,18,21,36H,15-17,19-20H2,1H3. The fourth-order valence-electron chi connectivity index (χ4n) is 5.31. The zero-order chi connectivity index (χ0) is 26.1. The van der Waals surface area contributed by atoms with Crippen LogP contribution in [0.4, 0.5) is 0 Å². The summed E-state index contributed by atoms with van der Waals surface area (Å²) in [6.07, 6.45) is 3.51. The second-order valence-electron chi connectivity index (χ2n) is 9.72. The summed E-state index contributed by atoms with van der Waals surface area (Å²) in [4.78, 5) is 5.84. The maximum absolute atomic E-state index is 9.93. The Morgan fingerprint density at radius 3 is 2.55 bits per heavy atom. The van der Waals surface area contributed by atoms with Gasteiger partial charge in [0.05, 0.1) is 16.1 Å². The molecule has 1 atom stereocenters. The van der Waals surface area contributed by atoms with Gasteiger partial charge >= 0.3 is 0 Å². The average molecular weight is 541 g/mol. The lowest BCUT2D eigenvalue weighted by atomic mass is 10.0. The third-order valence-electron chi connectivity index (χ3n) is 7.09. The molecular formula is C32H29ClN2O2S. The van der Waals surface area contributed by atoms with E-state index < -0.39 is 0 Å². The van der Waals surface area contributed by atoms with E-state index >= 15 is 0 Å². The Morgan fingerprint density at radius 2 is 1.82 bits per heavy atom. The molecule has 5 aromatic rings. The number of rotatable bonds is 8. The molecule has 0 spiro atoms. The van der Waals surface area contributed by atoms with Crippen LogP contribution >= 0.6 is 23.4 Å². The largest absolute Gasteiger partial charge is 0.486 e. The number of benzene rings is 3. The van der Waals surface area contributed by atoms with Crippen molar-refractivity contribution in [1.29, 1.82) is 0 Å². The van der Waals surface area contributed by atoms with Crippen LogP contribution in [0.15, 0.2) is 90.0 Å². The van der Waals surface area contributed by atoms with Crippen LogP contribution in [-0.2, 0) is 26.0 Å². The minimum Gasteiger partial charge on any atom is -0.486 e. The molecule has 0 saturated heterocycles. The molecule has 1 N–H and O–H groups in total. The van der Waals surface area contributed by atoms with Gasteiger partial charge in [-0.2, -0.15) is 0 Å². The first-order valence-corrected chi connectivity index (χ1v) is 14.2. The van der Waals surface area contributed by atoms with Gasteiger partial charge in [0.15, 0.2) is 0 Å². The molecule has 0 radical (unpaired) electrons. The lowest BCUT2D eigenvalue weighted by Crippen LogP contribution is -2.11. The van der Waals surface area contributed by atoms with Gasteiger partial charge < -0.3 is 14.4 Å². The molecule has 3 heterocycles. The van der Waals surface area contributed by atoms with E-state index in [2.05, 4.69) is 58.9 Å². The van der Waals surface area contributed by atoms with E-state index in [4.69, 9.17) is 16.3 Å². The van der Waals surface area contributed by atoms with Gasteiger partial charge in [0.2, 0.25) is 0 Å². The summed E-state index contributed by atoms with van der Waals surface area (Å²) >= 11 is 8.00. The predicted octanol–water partition coefficient (Wildman–Crippen LogP) is 7.56. The Bertz CT molecular complexity index is 1560. The molecule has 1 unspecified atom stereocenters. The molecule has 1 aliphatic heterocycles. The van der Waals surface area contributed by atoms with Gasteiger partial charge in [-0.05, 0) is 53.4 Å². The fraction of sp³-hybridized carbons (Fsp3) is 0.219. The van der Waals surface area contributed by atoms with Crippen molar-refractivity contribution in [3.05, 3.63) is 113 Å². The molecule has 0 aliphatic carbocycles. The molecule has 0 fully saturated rings. The number of pyridine rings is 1. The molecule has 38 heavy (non-hydrogen) atoms. The molecule has 0 saturated carbocycles. The fourth-order valence-corrected chi connectivity index (χ4v) is 6.68. The Labute approximate surface area is 232 Å². The van der Waals surface area contributed by atoms with Crippen LogP contribution < -0.4 is 4.74 Å². The average Bonchev–Trinajstić information content (AvgIpc) is 3.23. The summed E-state index contributed by atoms with van der Waals surface area (Å²) in [6.45, 7) is 3.53. The highest BCUT2D eigenvalue weighted by Crippen LogP contribution is 2.47. The zero-order valence-corrected chi connectivity index (χ0v) is 22.8. The quantitative estimate of drug-likeness (QED) is 0.221. The van der Waals surface area contributed by atoms with Gasteiger partial charge in [-0.3, -0.25) is 4.98 Å². The highest BCUT2D eigenvalue weighted by Gasteiger charge is 2.28. The summed E-state index contributed by atoms with van der Waals surface area (Å²) in [5.41, 5.74) is 8.06. The first-order chi connectivity index (χ1) is 18.6. The van der Waals surface area contributed by atoms with Crippen LogP contribution in [0.3, 0.4) is 0 Å².